The van der Waals surface area contributed by atoms with Crippen molar-refractivity contribution in [2.45, 2.75) is 26.3 Å². The zero-order valence-electron chi connectivity index (χ0n) is 10.6. The van der Waals surface area contributed by atoms with Crippen LogP contribution in [-0.4, -0.2) is 16.6 Å². The number of rotatable bonds is 4. The van der Waals surface area contributed by atoms with E-state index in [1.165, 1.54) is 5.56 Å². The van der Waals surface area contributed by atoms with Crippen LogP contribution in [0.25, 0.3) is 5.69 Å². The summed E-state index contributed by atoms with van der Waals surface area (Å²) in [6.07, 6.45) is 3.83. The third-order valence-electron chi connectivity index (χ3n) is 2.89. The highest BCUT2D eigenvalue weighted by Gasteiger charge is 2.04. The van der Waals surface area contributed by atoms with E-state index in [0.29, 0.717) is 5.92 Å². The van der Waals surface area contributed by atoms with E-state index < -0.39 is 0 Å². The maximum Gasteiger partial charge on any atom is 0.127 e. The first kappa shape index (κ1) is 11.9. The summed E-state index contributed by atoms with van der Waals surface area (Å²) in [5, 5.41) is 3.13. The first-order valence-electron chi connectivity index (χ1n) is 5.99. The van der Waals surface area contributed by atoms with Crippen molar-refractivity contribution in [2.75, 3.05) is 7.05 Å². The van der Waals surface area contributed by atoms with Gasteiger partial charge in [0.1, 0.15) is 5.82 Å². The van der Waals surface area contributed by atoms with E-state index in [2.05, 4.69) is 53.0 Å². The van der Waals surface area contributed by atoms with Crippen LogP contribution >= 0.6 is 0 Å². The van der Waals surface area contributed by atoms with E-state index in [4.69, 9.17) is 0 Å². The quantitative estimate of drug-likeness (QED) is 0.873. The van der Waals surface area contributed by atoms with Gasteiger partial charge in [0.05, 0.1) is 6.54 Å². The summed E-state index contributed by atoms with van der Waals surface area (Å²) in [7, 11) is 1.93. The van der Waals surface area contributed by atoms with Gasteiger partial charge in [-0.2, -0.15) is 0 Å². The van der Waals surface area contributed by atoms with Crippen molar-refractivity contribution in [1.82, 2.24) is 14.9 Å². The van der Waals surface area contributed by atoms with Gasteiger partial charge in [-0.15, -0.1) is 0 Å². The van der Waals surface area contributed by atoms with Crippen LogP contribution in [0.1, 0.15) is 31.2 Å². The lowest BCUT2D eigenvalue weighted by molar-refractivity contribution is 0.741. The first-order valence-corrected chi connectivity index (χ1v) is 5.99. The minimum Gasteiger partial charge on any atom is -0.313 e. The Morgan fingerprint density at radius 2 is 1.94 bits per heavy atom. The number of imidazole rings is 1. The minimum absolute atomic E-state index is 0.573. The predicted molar refractivity (Wildman–Crippen MR) is 70.4 cm³/mol. The average Bonchev–Trinajstić information content (AvgIpc) is 2.78. The van der Waals surface area contributed by atoms with Crippen LogP contribution in [0.15, 0.2) is 36.7 Å². The van der Waals surface area contributed by atoms with Crippen LogP contribution < -0.4 is 5.32 Å². The number of benzene rings is 1. The highest BCUT2D eigenvalue weighted by molar-refractivity contribution is 5.36. The summed E-state index contributed by atoms with van der Waals surface area (Å²) in [6, 6.07) is 8.67. The van der Waals surface area contributed by atoms with Gasteiger partial charge < -0.3 is 9.88 Å². The molecule has 0 bridgehead atoms. The SMILES string of the molecule is CNCc1nccn1-c1ccc(C(C)C)cc1. The zero-order valence-corrected chi connectivity index (χ0v) is 10.6. The molecule has 2 rings (SSSR count). The van der Waals surface area contributed by atoms with Gasteiger partial charge in [-0.1, -0.05) is 26.0 Å². The Morgan fingerprint density at radius 1 is 1.24 bits per heavy atom. The van der Waals surface area contributed by atoms with E-state index in [9.17, 15) is 0 Å². The number of nitrogens with zero attached hydrogens (tertiary/aromatic N) is 2. The molecule has 0 radical (unpaired) electrons. The molecular weight excluding hydrogens is 210 g/mol. The molecule has 1 aromatic heterocycles. The lowest BCUT2D eigenvalue weighted by Crippen LogP contribution is -2.11. The largest absolute Gasteiger partial charge is 0.313 e. The summed E-state index contributed by atoms with van der Waals surface area (Å²) in [5.41, 5.74) is 2.53. The first-order chi connectivity index (χ1) is 8.22. The van der Waals surface area contributed by atoms with Gasteiger partial charge >= 0.3 is 0 Å². The Kier molecular flexibility index (Phi) is 3.59. The van der Waals surface area contributed by atoms with Crippen LogP contribution in [-0.2, 0) is 6.54 Å². The van der Waals surface area contributed by atoms with Crippen molar-refractivity contribution < 1.29 is 0 Å². The van der Waals surface area contributed by atoms with Crippen molar-refractivity contribution in [2.24, 2.45) is 0 Å². The van der Waals surface area contributed by atoms with Gasteiger partial charge in [0, 0.05) is 18.1 Å². The second-order valence-electron chi connectivity index (χ2n) is 4.49. The molecule has 0 saturated carbocycles. The van der Waals surface area contributed by atoms with Crippen molar-refractivity contribution in [3.63, 3.8) is 0 Å². The van der Waals surface area contributed by atoms with E-state index in [1.807, 2.05) is 19.4 Å². The summed E-state index contributed by atoms with van der Waals surface area (Å²) < 4.78 is 2.11. The second kappa shape index (κ2) is 5.15. The molecule has 0 aliphatic rings. The van der Waals surface area contributed by atoms with E-state index in [1.54, 1.807) is 0 Å². The predicted octanol–water partition coefficient (Wildman–Crippen LogP) is 2.72. The van der Waals surface area contributed by atoms with Crippen LogP contribution in [0, 0.1) is 0 Å². The van der Waals surface area contributed by atoms with Gasteiger partial charge in [-0.3, -0.25) is 0 Å². The Hall–Kier alpha value is -1.61. The molecule has 0 aliphatic heterocycles. The molecule has 90 valence electrons. The van der Waals surface area contributed by atoms with Crippen LogP contribution in [0.2, 0.25) is 0 Å². The monoisotopic (exact) mass is 229 g/mol. The molecular formula is C14H19N3. The lowest BCUT2D eigenvalue weighted by Gasteiger charge is -2.10. The van der Waals surface area contributed by atoms with Crippen LogP contribution in [0.4, 0.5) is 0 Å². The molecule has 1 N–H and O–H groups in total. The van der Waals surface area contributed by atoms with Gasteiger partial charge in [0.25, 0.3) is 0 Å². The summed E-state index contributed by atoms with van der Waals surface area (Å²) >= 11 is 0. The lowest BCUT2D eigenvalue weighted by atomic mass is 10.0. The van der Waals surface area contributed by atoms with Gasteiger partial charge in [0.15, 0.2) is 0 Å². The highest BCUT2D eigenvalue weighted by atomic mass is 15.1. The summed E-state index contributed by atoms with van der Waals surface area (Å²) in [6.45, 7) is 5.19. The smallest absolute Gasteiger partial charge is 0.127 e. The highest BCUT2D eigenvalue weighted by Crippen LogP contribution is 2.17. The van der Waals surface area contributed by atoms with Crippen molar-refractivity contribution in [3.05, 3.63) is 48.0 Å². The van der Waals surface area contributed by atoms with Gasteiger partial charge in [-0.05, 0) is 30.7 Å². The van der Waals surface area contributed by atoms with E-state index in [0.717, 1.165) is 18.1 Å². The Labute approximate surface area is 103 Å². The Balaban J connectivity index is 2.30. The summed E-state index contributed by atoms with van der Waals surface area (Å²) in [4.78, 5) is 4.34. The second-order valence-corrected chi connectivity index (χ2v) is 4.49. The minimum atomic E-state index is 0.573. The van der Waals surface area contributed by atoms with Crippen molar-refractivity contribution >= 4 is 0 Å². The van der Waals surface area contributed by atoms with E-state index in [-0.39, 0.29) is 0 Å². The third kappa shape index (κ3) is 2.56. The fourth-order valence-corrected chi connectivity index (χ4v) is 1.88. The molecule has 1 heterocycles. The molecule has 0 spiro atoms. The summed E-state index contributed by atoms with van der Waals surface area (Å²) in [5.74, 6) is 1.61. The molecule has 0 unspecified atom stereocenters. The molecule has 1 aromatic carbocycles. The zero-order chi connectivity index (χ0) is 12.3. The molecule has 17 heavy (non-hydrogen) atoms. The fraction of sp³-hybridized carbons (Fsp3) is 0.357. The molecule has 3 heteroatoms. The Morgan fingerprint density at radius 3 is 2.53 bits per heavy atom. The molecule has 0 aliphatic carbocycles. The number of hydrogen-bond acceptors (Lipinski definition) is 2. The molecule has 3 nitrogen and oxygen atoms in total. The standard InChI is InChI=1S/C14H19N3/c1-11(2)12-4-6-13(7-5-12)17-9-8-16-14(17)10-15-3/h4-9,11,15H,10H2,1-3H3. The van der Waals surface area contributed by atoms with Gasteiger partial charge in [-0.25, -0.2) is 4.98 Å². The van der Waals surface area contributed by atoms with Crippen LogP contribution in [0.3, 0.4) is 0 Å². The van der Waals surface area contributed by atoms with E-state index >= 15 is 0 Å². The molecule has 0 atom stereocenters. The Bertz CT molecular complexity index is 468. The number of nitrogens with one attached hydrogen (secondary N) is 1. The average molecular weight is 229 g/mol. The van der Waals surface area contributed by atoms with Crippen molar-refractivity contribution in [1.29, 1.82) is 0 Å². The maximum absolute atomic E-state index is 4.34. The number of aromatic nitrogens is 2. The molecule has 0 saturated heterocycles. The van der Waals surface area contributed by atoms with Gasteiger partial charge in [0.2, 0.25) is 0 Å². The third-order valence-corrected chi connectivity index (χ3v) is 2.89. The molecule has 0 amide bonds. The van der Waals surface area contributed by atoms with Crippen LogP contribution in [0.5, 0.6) is 0 Å². The van der Waals surface area contributed by atoms with Crippen molar-refractivity contribution in [3.8, 4) is 5.69 Å². The molecule has 0 fully saturated rings. The fourth-order valence-electron chi connectivity index (χ4n) is 1.88. The number of hydrogen-bond donors (Lipinski definition) is 1. The molecule has 2 aromatic rings. The normalized spacial score (nSPS) is 11.1. The topological polar surface area (TPSA) is 29.9 Å². The maximum atomic E-state index is 4.34.